The third kappa shape index (κ3) is 7.59. The number of aliphatic hydroxyl groups excluding tert-OH is 1. The molecule has 2 aromatic carbocycles. The highest BCUT2D eigenvalue weighted by molar-refractivity contribution is 5.90. The lowest BCUT2D eigenvalue weighted by atomic mass is 9.90. The van der Waals surface area contributed by atoms with E-state index in [1.807, 2.05) is 36.4 Å². The first-order valence-corrected chi connectivity index (χ1v) is 12.8. The van der Waals surface area contributed by atoms with Gasteiger partial charge in [-0.15, -0.1) is 0 Å². The summed E-state index contributed by atoms with van der Waals surface area (Å²) in [6.45, 7) is 6.10. The van der Waals surface area contributed by atoms with Crippen molar-refractivity contribution in [3.8, 4) is 0 Å². The lowest BCUT2D eigenvalue weighted by Gasteiger charge is -2.43. The molecule has 0 radical (unpaired) electrons. The van der Waals surface area contributed by atoms with Crippen molar-refractivity contribution in [3.05, 3.63) is 65.2 Å². The number of aliphatic hydroxyl groups is 1. The van der Waals surface area contributed by atoms with E-state index in [9.17, 15) is 14.7 Å². The van der Waals surface area contributed by atoms with Crippen molar-refractivity contribution >= 4 is 17.6 Å². The molecule has 3 N–H and O–H groups in total. The van der Waals surface area contributed by atoms with E-state index in [-0.39, 0.29) is 43.5 Å². The lowest BCUT2D eigenvalue weighted by molar-refractivity contribution is -0.277. The van der Waals surface area contributed by atoms with Gasteiger partial charge in [0.15, 0.2) is 6.29 Å². The molecule has 37 heavy (non-hydrogen) atoms. The number of anilines is 1. The Bertz CT molecular complexity index is 1020. The number of carboxylic acid groups (broad SMARTS) is 1. The highest BCUT2D eigenvalue weighted by Gasteiger charge is 2.39. The number of nitrogens with zero attached hydrogens (tertiary/aromatic N) is 1. The molecule has 2 aliphatic rings. The monoisotopic (exact) mass is 512 g/mol. The summed E-state index contributed by atoms with van der Waals surface area (Å²) in [5, 5.41) is 21.0. The van der Waals surface area contributed by atoms with Gasteiger partial charge in [-0.2, -0.15) is 0 Å². The fraction of sp³-hybridized carbons (Fsp3) is 0.500. The predicted molar refractivity (Wildman–Crippen MR) is 137 cm³/mol. The molecule has 200 valence electrons. The van der Waals surface area contributed by atoms with Crippen LogP contribution in [0.15, 0.2) is 48.5 Å². The van der Waals surface area contributed by atoms with E-state index in [0.29, 0.717) is 12.1 Å². The highest BCUT2D eigenvalue weighted by Crippen LogP contribution is 2.42. The van der Waals surface area contributed by atoms with Crippen LogP contribution in [0, 0.1) is 5.92 Å². The van der Waals surface area contributed by atoms with Crippen LogP contribution in [0.2, 0.25) is 0 Å². The van der Waals surface area contributed by atoms with E-state index < -0.39 is 12.3 Å². The topological polar surface area (TPSA) is 118 Å². The molecule has 4 atom stereocenters. The third-order valence-corrected chi connectivity index (χ3v) is 6.93. The molecule has 0 aliphatic carbocycles. The summed E-state index contributed by atoms with van der Waals surface area (Å²) < 4.78 is 18.5. The van der Waals surface area contributed by atoms with E-state index >= 15 is 0 Å². The Morgan fingerprint density at radius 2 is 1.65 bits per heavy atom. The van der Waals surface area contributed by atoms with Crippen LogP contribution in [-0.4, -0.2) is 65.9 Å². The maximum absolute atomic E-state index is 12.1. The van der Waals surface area contributed by atoms with Crippen LogP contribution in [0.25, 0.3) is 0 Å². The van der Waals surface area contributed by atoms with Crippen LogP contribution < -0.4 is 5.32 Å². The number of carbonyl (C=O) groups excluding carboxylic acids is 1. The normalized spacial score (nSPS) is 24.5. The van der Waals surface area contributed by atoms with Gasteiger partial charge in [0.2, 0.25) is 5.91 Å². The van der Waals surface area contributed by atoms with Crippen LogP contribution in [0.5, 0.6) is 0 Å². The zero-order valence-electron chi connectivity index (χ0n) is 21.2. The summed E-state index contributed by atoms with van der Waals surface area (Å²) in [5.41, 5.74) is 3.37. The van der Waals surface area contributed by atoms with Crippen molar-refractivity contribution in [2.75, 3.05) is 38.2 Å². The average molecular weight is 513 g/mol. The summed E-state index contributed by atoms with van der Waals surface area (Å²) >= 11 is 0. The molecule has 2 fully saturated rings. The zero-order valence-corrected chi connectivity index (χ0v) is 21.2. The van der Waals surface area contributed by atoms with Crippen molar-refractivity contribution in [1.29, 1.82) is 0 Å². The molecular weight excluding hydrogens is 476 g/mol. The van der Waals surface area contributed by atoms with Gasteiger partial charge >= 0.3 is 5.97 Å². The number of nitrogens with one attached hydrogen (secondary N) is 1. The Balaban J connectivity index is 1.47. The third-order valence-electron chi connectivity index (χ3n) is 6.93. The second-order valence-corrected chi connectivity index (χ2v) is 9.65. The SMILES string of the molecule is C[C@H]1[C@@H](CN2CCOCC2)O[C@@H](c2ccc(NC(=O)CCCC(=O)O)cc2)O[C@H]1c1ccc(CO)cc1. The van der Waals surface area contributed by atoms with Crippen molar-refractivity contribution < 1.29 is 34.0 Å². The van der Waals surface area contributed by atoms with Gasteiger partial charge in [-0.3, -0.25) is 14.5 Å². The number of benzene rings is 2. The fourth-order valence-electron chi connectivity index (χ4n) is 4.71. The van der Waals surface area contributed by atoms with Gasteiger partial charge in [-0.25, -0.2) is 0 Å². The second-order valence-electron chi connectivity index (χ2n) is 9.65. The van der Waals surface area contributed by atoms with E-state index in [1.54, 1.807) is 12.1 Å². The minimum Gasteiger partial charge on any atom is -0.481 e. The van der Waals surface area contributed by atoms with E-state index in [2.05, 4.69) is 17.1 Å². The second kappa shape index (κ2) is 13.1. The van der Waals surface area contributed by atoms with Crippen LogP contribution in [0.3, 0.4) is 0 Å². The van der Waals surface area contributed by atoms with Gasteiger partial charge in [-0.1, -0.05) is 43.3 Å². The standard InChI is InChI=1S/C28H36N2O7/c1-19-24(17-30-13-15-35-16-14-30)36-28(37-27(19)21-7-5-20(18-31)6-8-21)22-9-11-23(12-10-22)29-25(32)3-2-4-26(33)34/h5-12,19,24,27-28,31H,2-4,13-18H2,1H3,(H,29,32)(H,33,34)/t19-,24+,27+,28+/m0/s1. The molecule has 2 aromatic rings. The van der Waals surface area contributed by atoms with Gasteiger partial charge in [0.25, 0.3) is 0 Å². The summed E-state index contributed by atoms with van der Waals surface area (Å²) in [7, 11) is 0. The summed E-state index contributed by atoms with van der Waals surface area (Å²) in [6.07, 6.45) is -0.409. The largest absolute Gasteiger partial charge is 0.481 e. The number of morpholine rings is 1. The van der Waals surface area contributed by atoms with Gasteiger partial charge in [-0.05, 0) is 29.7 Å². The number of carbonyl (C=O) groups is 2. The predicted octanol–water partition coefficient (Wildman–Crippen LogP) is 3.50. The molecule has 2 heterocycles. The molecule has 9 heteroatoms. The number of amides is 1. The average Bonchev–Trinajstić information content (AvgIpc) is 2.91. The van der Waals surface area contributed by atoms with Gasteiger partial charge < -0.3 is 29.7 Å². The number of hydrogen-bond acceptors (Lipinski definition) is 7. The van der Waals surface area contributed by atoms with Crippen molar-refractivity contribution in [2.24, 2.45) is 5.92 Å². The molecule has 9 nitrogen and oxygen atoms in total. The fourth-order valence-corrected chi connectivity index (χ4v) is 4.71. The molecule has 1 amide bonds. The van der Waals surface area contributed by atoms with Gasteiger partial charge in [0, 0.05) is 49.6 Å². The Hall–Kier alpha value is -2.82. The number of ether oxygens (including phenoxy) is 3. The number of hydrogen-bond donors (Lipinski definition) is 3. The van der Waals surface area contributed by atoms with Crippen LogP contribution >= 0.6 is 0 Å². The first kappa shape index (κ1) is 27.2. The highest BCUT2D eigenvalue weighted by atomic mass is 16.7. The molecule has 2 saturated heterocycles. The molecule has 2 aliphatic heterocycles. The first-order chi connectivity index (χ1) is 17.9. The summed E-state index contributed by atoms with van der Waals surface area (Å²) in [6, 6.07) is 15.2. The molecular formula is C28H36N2O7. The van der Waals surface area contributed by atoms with Crippen molar-refractivity contribution in [3.63, 3.8) is 0 Å². The number of carboxylic acids is 1. The maximum Gasteiger partial charge on any atom is 0.303 e. The van der Waals surface area contributed by atoms with E-state index in [0.717, 1.165) is 49.5 Å². The summed E-state index contributed by atoms with van der Waals surface area (Å²) in [5.74, 6) is -1.03. The molecule has 4 rings (SSSR count). The molecule has 0 aromatic heterocycles. The molecule has 0 spiro atoms. The van der Waals surface area contributed by atoms with Crippen LogP contribution in [0.4, 0.5) is 5.69 Å². The Morgan fingerprint density at radius 3 is 2.30 bits per heavy atom. The van der Waals surface area contributed by atoms with Crippen molar-refractivity contribution in [1.82, 2.24) is 4.90 Å². The lowest BCUT2D eigenvalue weighted by Crippen LogP contribution is -2.47. The Kier molecular flexibility index (Phi) is 9.65. The van der Waals surface area contributed by atoms with Crippen LogP contribution in [0.1, 0.15) is 55.3 Å². The molecule has 0 unspecified atom stereocenters. The maximum atomic E-state index is 12.1. The van der Waals surface area contributed by atoms with E-state index in [1.165, 1.54) is 0 Å². The first-order valence-electron chi connectivity index (χ1n) is 12.8. The van der Waals surface area contributed by atoms with Gasteiger partial charge in [0.05, 0.1) is 32.0 Å². The summed E-state index contributed by atoms with van der Waals surface area (Å²) in [4.78, 5) is 25.1. The minimum absolute atomic E-state index is 0.00477. The molecule has 0 bridgehead atoms. The van der Waals surface area contributed by atoms with Gasteiger partial charge in [0.1, 0.15) is 0 Å². The smallest absolute Gasteiger partial charge is 0.303 e. The van der Waals surface area contributed by atoms with E-state index in [4.69, 9.17) is 19.3 Å². The van der Waals surface area contributed by atoms with Crippen LogP contribution in [-0.2, 0) is 30.4 Å². The number of aliphatic carboxylic acids is 1. The minimum atomic E-state index is -0.909. The van der Waals surface area contributed by atoms with Crippen molar-refractivity contribution in [2.45, 2.75) is 51.3 Å². The Morgan fingerprint density at radius 1 is 0.973 bits per heavy atom. The Labute approximate surface area is 217 Å². The molecule has 0 saturated carbocycles. The zero-order chi connectivity index (χ0) is 26.2. The number of rotatable bonds is 10. The quantitative estimate of drug-likeness (QED) is 0.443.